The topological polar surface area (TPSA) is 38.7 Å². The summed E-state index contributed by atoms with van der Waals surface area (Å²) in [6.07, 6.45) is 20.1. The quantitative estimate of drug-likeness (QED) is 0.146. The fourth-order valence-electron chi connectivity index (χ4n) is 3.43. The third-order valence-electron chi connectivity index (χ3n) is 5.55. The summed E-state index contributed by atoms with van der Waals surface area (Å²) >= 11 is 3.68. The highest BCUT2D eigenvalue weighted by atomic mass is 32.2. The van der Waals surface area contributed by atoms with Crippen LogP contribution in [0.2, 0.25) is 0 Å². The molecule has 1 N–H and O–H groups in total. The first-order chi connectivity index (χ1) is 14.6. The van der Waals surface area contributed by atoms with Gasteiger partial charge in [0.25, 0.3) is 0 Å². The van der Waals surface area contributed by atoms with E-state index in [1.807, 2.05) is 36.5 Å². The van der Waals surface area contributed by atoms with E-state index >= 15 is 0 Å². The maximum absolute atomic E-state index is 10.3. The number of allylic oxidation sites excluding steroid dienone is 2. The lowest BCUT2D eigenvalue weighted by molar-refractivity contribution is -0.0154. The van der Waals surface area contributed by atoms with Gasteiger partial charge in [-0.05, 0) is 43.4 Å². The van der Waals surface area contributed by atoms with E-state index in [1.165, 1.54) is 77.0 Å². The van der Waals surface area contributed by atoms with Crippen molar-refractivity contribution in [2.24, 2.45) is 0 Å². The molecule has 0 bridgehead atoms. The monoisotopic (exact) mass is 458 g/mol. The lowest BCUT2D eigenvalue weighted by Crippen LogP contribution is -2.34. The molecule has 1 atom stereocenters. The van der Waals surface area contributed by atoms with Crippen molar-refractivity contribution in [3.63, 3.8) is 0 Å². The SMILES string of the molecule is CCCCCCCCSCOC1=CC=C(O)C(C)(OCSCCCCCCCC)C1. The first-order valence-corrected chi connectivity index (χ1v) is 14.5. The van der Waals surface area contributed by atoms with Gasteiger partial charge in [-0.2, -0.15) is 0 Å². The lowest BCUT2D eigenvalue weighted by Gasteiger charge is -2.32. The molecule has 0 aromatic carbocycles. The molecule has 176 valence electrons. The maximum Gasteiger partial charge on any atom is 0.133 e. The number of hydrogen-bond donors (Lipinski definition) is 1. The van der Waals surface area contributed by atoms with Crippen LogP contribution in [0.25, 0.3) is 0 Å². The van der Waals surface area contributed by atoms with E-state index < -0.39 is 5.60 Å². The number of thioether (sulfide) groups is 2. The van der Waals surface area contributed by atoms with Gasteiger partial charge in [0.2, 0.25) is 0 Å². The molecule has 0 saturated heterocycles. The third-order valence-corrected chi connectivity index (χ3v) is 7.28. The number of unbranched alkanes of at least 4 members (excludes halogenated alkanes) is 10. The van der Waals surface area contributed by atoms with Crippen molar-refractivity contribution in [1.29, 1.82) is 0 Å². The van der Waals surface area contributed by atoms with E-state index in [1.54, 1.807) is 6.08 Å². The normalized spacial score (nSPS) is 18.9. The van der Waals surface area contributed by atoms with E-state index in [-0.39, 0.29) is 0 Å². The van der Waals surface area contributed by atoms with Crippen LogP contribution in [-0.2, 0) is 9.47 Å². The summed E-state index contributed by atoms with van der Waals surface area (Å²) in [6, 6.07) is 0. The van der Waals surface area contributed by atoms with E-state index in [0.717, 1.165) is 17.3 Å². The van der Waals surface area contributed by atoms with Crippen molar-refractivity contribution in [2.45, 2.75) is 110 Å². The maximum atomic E-state index is 10.3. The van der Waals surface area contributed by atoms with Gasteiger partial charge in [-0.15, -0.1) is 23.5 Å². The second-order valence-electron chi connectivity index (χ2n) is 8.47. The van der Waals surface area contributed by atoms with Crippen LogP contribution in [0.1, 0.15) is 104 Å². The summed E-state index contributed by atoms with van der Waals surface area (Å²) in [5, 5.41) is 10.3. The van der Waals surface area contributed by atoms with E-state index in [9.17, 15) is 5.11 Å². The Morgan fingerprint density at radius 2 is 1.33 bits per heavy atom. The standard InChI is InChI=1S/C25H46O3S2/c1-4-6-8-10-12-14-18-29-21-27-23-16-17-24(26)25(3,20-23)28-22-30-19-15-13-11-9-7-5-2/h16-17,26H,4-15,18-22H2,1-3H3. The summed E-state index contributed by atoms with van der Waals surface area (Å²) in [4.78, 5) is 0. The Morgan fingerprint density at radius 3 is 1.93 bits per heavy atom. The molecule has 0 amide bonds. The number of ether oxygens (including phenoxy) is 2. The van der Waals surface area contributed by atoms with Gasteiger partial charge in [0.1, 0.15) is 23.1 Å². The van der Waals surface area contributed by atoms with E-state index in [0.29, 0.717) is 24.1 Å². The van der Waals surface area contributed by atoms with Crippen LogP contribution in [-0.4, -0.2) is 34.1 Å². The average molecular weight is 459 g/mol. The molecule has 1 unspecified atom stereocenters. The largest absolute Gasteiger partial charge is 0.509 e. The summed E-state index contributed by atoms with van der Waals surface area (Å²) in [5.74, 6) is 4.79. The molecule has 1 aliphatic carbocycles. The first kappa shape index (κ1) is 27.8. The van der Waals surface area contributed by atoms with Crippen LogP contribution in [0.5, 0.6) is 0 Å². The summed E-state index contributed by atoms with van der Waals surface area (Å²) in [7, 11) is 0. The third kappa shape index (κ3) is 13.2. The summed E-state index contributed by atoms with van der Waals surface area (Å²) in [5.41, 5.74) is -0.665. The van der Waals surface area contributed by atoms with E-state index in [4.69, 9.17) is 9.47 Å². The zero-order chi connectivity index (χ0) is 21.9. The Balaban J connectivity index is 2.11. The summed E-state index contributed by atoms with van der Waals surface area (Å²) < 4.78 is 12.0. The highest BCUT2D eigenvalue weighted by Gasteiger charge is 2.34. The zero-order valence-electron chi connectivity index (χ0n) is 19.8. The Labute approximate surface area is 194 Å². The first-order valence-electron chi connectivity index (χ1n) is 12.1. The van der Waals surface area contributed by atoms with Crippen molar-refractivity contribution in [2.75, 3.05) is 23.4 Å². The molecule has 1 aliphatic rings. The Morgan fingerprint density at radius 1 is 0.800 bits per heavy atom. The average Bonchev–Trinajstić information content (AvgIpc) is 2.74. The fourth-order valence-corrected chi connectivity index (χ4v) is 5.06. The second kappa shape index (κ2) is 18.3. The van der Waals surface area contributed by atoms with Gasteiger partial charge in [-0.3, -0.25) is 0 Å². The predicted octanol–water partition coefficient (Wildman–Crippen LogP) is 8.61. The van der Waals surface area contributed by atoms with Crippen LogP contribution in [0, 0.1) is 0 Å². The van der Waals surface area contributed by atoms with Crippen molar-refractivity contribution < 1.29 is 14.6 Å². The molecule has 0 heterocycles. The molecule has 0 aliphatic heterocycles. The van der Waals surface area contributed by atoms with Crippen molar-refractivity contribution in [1.82, 2.24) is 0 Å². The Bertz CT molecular complexity index is 479. The predicted molar refractivity (Wildman–Crippen MR) is 135 cm³/mol. The minimum atomic E-state index is -0.665. The summed E-state index contributed by atoms with van der Waals surface area (Å²) in [6.45, 7) is 6.47. The molecule has 0 aromatic rings. The Hall–Kier alpha value is -0.260. The van der Waals surface area contributed by atoms with Gasteiger partial charge in [0.05, 0.1) is 5.94 Å². The molecule has 0 radical (unpaired) electrons. The molecular formula is C25H46O3S2. The van der Waals surface area contributed by atoms with Crippen LogP contribution in [0.15, 0.2) is 23.7 Å². The fraction of sp³-hybridized carbons (Fsp3) is 0.840. The molecule has 0 saturated carbocycles. The second-order valence-corrected chi connectivity index (χ2v) is 10.6. The number of hydrogen-bond acceptors (Lipinski definition) is 5. The highest BCUT2D eigenvalue weighted by Crippen LogP contribution is 2.33. The molecule has 1 rings (SSSR count). The van der Waals surface area contributed by atoms with Crippen LogP contribution < -0.4 is 0 Å². The van der Waals surface area contributed by atoms with Crippen LogP contribution in [0.4, 0.5) is 0 Å². The number of aliphatic hydroxyl groups excluding tert-OH is 1. The van der Waals surface area contributed by atoms with Gasteiger partial charge in [0.15, 0.2) is 0 Å². The molecule has 3 nitrogen and oxygen atoms in total. The van der Waals surface area contributed by atoms with Crippen LogP contribution in [0.3, 0.4) is 0 Å². The van der Waals surface area contributed by atoms with Gasteiger partial charge in [0, 0.05) is 6.42 Å². The molecular weight excluding hydrogens is 412 g/mol. The van der Waals surface area contributed by atoms with Gasteiger partial charge >= 0.3 is 0 Å². The lowest BCUT2D eigenvalue weighted by atomic mass is 9.94. The highest BCUT2D eigenvalue weighted by molar-refractivity contribution is 7.99. The van der Waals surface area contributed by atoms with Crippen LogP contribution >= 0.6 is 23.5 Å². The molecule has 30 heavy (non-hydrogen) atoms. The van der Waals surface area contributed by atoms with Gasteiger partial charge in [-0.1, -0.05) is 78.1 Å². The molecule has 0 spiro atoms. The molecule has 5 heteroatoms. The molecule has 0 aromatic heterocycles. The van der Waals surface area contributed by atoms with Gasteiger partial charge in [-0.25, -0.2) is 0 Å². The van der Waals surface area contributed by atoms with Gasteiger partial charge < -0.3 is 14.6 Å². The minimum absolute atomic E-state index is 0.301. The smallest absolute Gasteiger partial charge is 0.133 e. The van der Waals surface area contributed by atoms with Crippen molar-refractivity contribution in [3.8, 4) is 0 Å². The molecule has 0 fully saturated rings. The van der Waals surface area contributed by atoms with Crippen molar-refractivity contribution in [3.05, 3.63) is 23.7 Å². The number of rotatable bonds is 20. The zero-order valence-corrected chi connectivity index (χ0v) is 21.4. The van der Waals surface area contributed by atoms with Crippen molar-refractivity contribution >= 4 is 23.5 Å². The van der Waals surface area contributed by atoms with E-state index in [2.05, 4.69) is 13.8 Å². The Kier molecular flexibility index (Phi) is 17.0. The minimum Gasteiger partial charge on any atom is -0.509 e. The number of aliphatic hydroxyl groups is 1.